The molecule has 3 rings (SSSR count). The van der Waals surface area contributed by atoms with E-state index in [-0.39, 0.29) is 36.5 Å². The van der Waals surface area contributed by atoms with E-state index in [4.69, 9.17) is 0 Å². The Balaban J connectivity index is 1.58. The first-order valence-electron chi connectivity index (χ1n) is 9.38. The molecular formula is C20H22F3N3O3S. The summed E-state index contributed by atoms with van der Waals surface area (Å²) in [4.78, 5) is 12.6. The Morgan fingerprint density at radius 2 is 1.63 bits per heavy atom. The molecule has 10 heteroatoms. The summed E-state index contributed by atoms with van der Waals surface area (Å²) in [7, 11) is -3.64. The summed E-state index contributed by atoms with van der Waals surface area (Å²) < 4.78 is 65.9. The van der Waals surface area contributed by atoms with E-state index in [9.17, 15) is 26.4 Å². The Labute approximate surface area is 173 Å². The van der Waals surface area contributed by atoms with Crippen LogP contribution in [0.3, 0.4) is 0 Å². The average molecular weight is 441 g/mol. The Morgan fingerprint density at radius 1 is 1.03 bits per heavy atom. The van der Waals surface area contributed by atoms with E-state index < -0.39 is 33.6 Å². The number of para-hydroxylation sites is 1. The van der Waals surface area contributed by atoms with Crippen molar-refractivity contribution in [3.63, 3.8) is 0 Å². The van der Waals surface area contributed by atoms with Crippen LogP contribution in [0, 0.1) is 12.8 Å². The lowest BCUT2D eigenvalue weighted by Gasteiger charge is -2.30. The van der Waals surface area contributed by atoms with Crippen molar-refractivity contribution in [1.29, 1.82) is 0 Å². The second kappa shape index (κ2) is 8.65. The molecule has 30 heavy (non-hydrogen) atoms. The van der Waals surface area contributed by atoms with Gasteiger partial charge >= 0.3 is 6.18 Å². The van der Waals surface area contributed by atoms with Crippen LogP contribution in [0.4, 0.5) is 18.9 Å². The van der Waals surface area contributed by atoms with Gasteiger partial charge in [0.25, 0.3) is 0 Å². The maximum Gasteiger partial charge on any atom is 0.418 e. The number of halogens is 3. The average Bonchev–Trinajstić information content (AvgIpc) is 2.72. The van der Waals surface area contributed by atoms with E-state index in [0.29, 0.717) is 0 Å². The van der Waals surface area contributed by atoms with E-state index in [1.54, 1.807) is 24.3 Å². The summed E-state index contributed by atoms with van der Waals surface area (Å²) in [5, 5.41) is 0. The van der Waals surface area contributed by atoms with Crippen molar-refractivity contribution < 1.29 is 26.4 Å². The summed E-state index contributed by atoms with van der Waals surface area (Å²) in [5.74, 6) is -0.973. The summed E-state index contributed by atoms with van der Waals surface area (Å²) in [5.41, 5.74) is 4.46. The number of rotatable bonds is 5. The van der Waals surface area contributed by atoms with E-state index in [0.717, 1.165) is 11.6 Å². The van der Waals surface area contributed by atoms with Crippen molar-refractivity contribution in [1.82, 2.24) is 9.73 Å². The van der Waals surface area contributed by atoms with Crippen LogP contribution in [0.1, 0.15) is 24.0 Å². The number of hydrazine groups is 1. The van der Waals surface area contributed by atoms with Crippen LogP contribution in [0.5, 0.6) is 0 Å². The number of sulfonamides is 1. The molecule has 0 aliphatic carbocycles. The molecule has 2 aromatic rings. The number of nitrogens with zero attached hydrogens (tertiary/aromatic N) is 1. The molecule has 6 nitrogen and oxygen atoms in total. The first-order chi connectivity index (χ1) is 14.1. The highest BCUT2D eigenvalue weighted by molar-refractivity contribution is 7.89. The second-order valence-electron chi connectivity index (χ2n) is 7.15. The zero-order valence-corrected chi connectivity index (χ0v) is 17.1. The molecule has 0 aromatic heterocycles. The van der Waals surface area contributed by atoms with Gasteiger partial charge in [0.05, 0.1) is 16.1 Å². The van der Waals surface area contributed by atoms with E-state index >= 15 is 0 Å². The minimum atomic E-state index is -4.55. The molecular weight excluding hydrogens is 419 g/mol. The number of carbonyl (C=O) groups excluding carboxylic acids is 1. The number of hydrogen-bond donors (Lipinski definition) is 2. The molecule has 0 saturated carbocycles. The van der Waals surface area contributed by atoms with Gasteiger partial charge < -0.3 is 0 Å². The highest BCUT2D eigenvalue weighted by atomic mass is 32.2. The summed E-state index contributed by atoms with van der Waals surface area (Å²) >= 11 is 0. The van der Waals surface area contributed by atoms with Gasteiger partial charge in [0, 0.05) is 19.0 Å². The van der Waals surface area contributed by atoms with Gasteiger partial charge in [-0.25, -0.2) is 8.42 Å². The largest absolute Gasteiger partial charge is 0.418 e. The fourth-order valence-electron chi connectivity index (χ4n) is 3.29. The number of hydrogen-bond acceptors (Lipinski definition) is 4. The predicted octanol–water partition coefficient (Wildman–Crippen LogP) is 3.56. The molecule has 1 saturated heterocycles. The second-order valence-corrected chi connectivity index (χ2v) is 9.09. The molecule has 1 heterocycles. The number of piperidine rings is 1. The fraction of sp³-hybridized carbons (Fsp3) is 0.350. The fourth-order valence-corrected chi connectivity index (χ4v) is 4.76. The lowest BCUT2D eigenvalue weighted by molar-refractivity contribution is -0.137. The van der Waals surface area contributed by atoms with Crippen LogP contribution in [-0.2, 0) is 21.0 Å². The van der Waals surface area contributed by atoms with Gasteiger partial charge in [0.15, 0.2) is 0 Å². The van der Waals surface area contributed by atoms with Crippen molar-refractivity contribution in [2.75, 3.05) is 18.5 Å². The normalized spacial score (nSPS) is 16.3. The number of amides is 1. The molecule has 162 valence electrons. The van der Waals surface area contributed by atoms with Gasteiger partial charge in [-0.05, 0) is 44.0 Å². The molecule has 0 unspecified atom stereocenters. The Hall–Kier alpha value is -2.59. The number of alkyl halides is 3. The molecule has 0 bridgehead atoms. The quantitative estimate of drug-likeness (QED) is 0.696. The van der Waals surface area contributed by atoms with Gasteiger partial charge in [-0.15, -0.1) is 0 Å². The lowest BCUT2D eigenvalue weighted by Crippen LogP contribution is -2.44. The van der Waals surface area contributed by atoms with E-state index in [1.165, 1.54) is 22.5 Å². The van der Waals surface area contributed by atoms with Crippen LogP contribution in [0.2, 0.25) is 0 Å². The molecule has 1 fully saturated rings. The topological polar surface area (TPSA) is 78.5 Å². The Morgan fingerprint density at radius 3 is 2.23 bits per heavy atom. The molecule has 2 aromatic carbocycles. The van der Waals surface area contributed by atoms with E-state index in [2.05, 4.69) is 10.9 Å². The molecule has 1 aliphatic rings. The minimum Gasteiger partial charge on any atom is -0.298 e. The third-order valence-electron chi connectivity index (χ3n) is 5.04. The molecule has 0 spiro atoms. The minimum absolute atomic E-state index is 0.160. The number of benzene rings is 2. The van der Waals surface area contributed by atoms with E-state index in [1.807, 2.05) is 6.92 Å². The zero-order chi connectivity index (χ0) is 21.9. The molecule has 0 radical (unpaired) electrons. The maximum atomic E-state index is 13.0. The van der Waals surface area contributed by atoms with Crippen molar-refractivity contribution in [2.24, 2.45) is 5.92 Å². The summed E-state index contributed by atoms with van der Waals surface area (Å²) in [6, 6.07) is 11.4. The van der Waals surface area contributed by atoms with Gasteiger partial charge in [-0.3, -0.25) is 15.6 Å². The molecule has 2 N–H and O–H groups in total. The van der Waals surface area contributed by atoms with Crippen LogP contribution in [-0.4, -0.2) is 31.7 Å². The van der Waals surface area contributed by atoms with Gasteiger partial charge in [0.1, 0.15) is 0 Å². The van der Waals surface area contributed by atoms with Crippen molar-refractivity contribution in [3.8, 4) is 0 Å². The van der Waals surface area contributed by atoms with Gasteiger partial charge in [-0.2, -0.15) is 17.5 Å². The maximum absolute atomic E-state index is 13.0. The van der Waals surface area contributed by atoms with Crippen molar-refractivity contribution in [3.05, 3.63) is 59.7 Å². The number of anilines is 1. The number of aryl methyl sites for hydroxylation is 1. The monoisotopic (exact) mass is 441 g/mol. The smallest absolute Gasteiger partial charge is 0.298 e. The highest BCUT2D eigenvalue weighted by Crippen LogP contribution is 2.34. The molecule has 0 atom stereocenters. The third-order valence-corrected chi connectivity index (χ3v) is 6.95. The van der Waals surface area contributed by atoms with Crippen LogP contribution in [0.15, 0.2) is 53.4 Å². The highest BCUT2D eigenvalue weighted by Gasteiger charge is 2.34. The molecule has 1 aliphatic heterocycles. The SMILES string of the molecule is Cc1ccc(S(=O)(=O)N2CCC(C(=O)NNc3ccccc3C(F)(F)F)CC2)cc1. The van der Waals surface area contributed by atoms with Crippen molar-refractivity contribution >= 4 is 21.6 Å². The number of carbonyl (C=O) groups is 1. The lowest BCUT2D eigenvalue weighted by atomic mass is 9.97. The first kappa shape index (κ1) is 22.1. The van der Waals surface area contributed by atoms with Gasteiger partial charge in [0.2, 0.25) is 15.9 Å². The summed E-state index contributed by atoms with van der Waals surface area (Å²) in [6.45, 7) is 2.18. The number of nitrogens with one attached hydrogen (secondary N) is 2. The Kier molecular flexibility index (Phi) is 6.37. The first-order valence-corrected chi connectivity index (χ1v) is 10.8. The third kappa shape index (κ3) is 4.93. The van der Waals surface area contributed by atoms with Crippen LogP contribution < -0.4 is 10.9 Å². The Bertz CT molecular complexity index is 1000. The van der Waals surface area contributed by atoms with Gasteiger partial charge in [-0.1, -0.05) is 29.8 Å². The van der Waals surface area contributed by atoms with Crippen LogP contribution in [0.25, 0.3) is 0 Å². The summed E-state index contributed by atoms with van der Waals surface area (Å²) in [6.07, 6.45) is -4.00. The zero-order valence-electron chi connectivity index (χ0n) is 16.2. The standard InChI is InChI=1S/C20H22F3N3O3S/c1-14-6-8-16(9-7-14)30(28,29)26-12-10-15(11-13-26)19(27)25-24-18-5-3-2-4-17(18)20(21,22)23/h2-9,15,24H,10-13H2,1H3,(H,25,27). The van der Waals surface area contributed by atoms with Crippen molar-refractivity contribution in [2.45, 2.75) is 30.8 Å². The molecule has 1 amide bonds. The van der Waals surface area contributed by atoms with Crippen LogP contribution >= 0.6 is 0 Å². The predicted molar refractivity (Wildman–Crippen MR) is 106 cm³/mol.